The summed E-state index contributed by atoms with van der Waals surface area (Å²) in [6, 6.07) is 8.74. The lowest BCUT2D eigenvalue weighted by Crippen LogP contribution is -2.31. The van der Waals surface area contributed by atoms with E-state index in [1.807, 2.05) is 23.9 Å². The molecule has 0 amide bonds. The fourth-order valence-electron chi connectivity index (χ4n) is 2.16. The van der Waals surface area contributed by atoms with Gasteiger partial charge in [0.05, 0.1) is 5.02 Å². The van der Waals surface area contributed by atoms with Crippen molar-refractivity contribution in [2.24, 2.45) is 0 Å². The molecule has 0 saturated heterocycles. The van der Waals surface area contributed by atoms with Crippen LogP contribution in [0.2, 0.25) is 5.02 Å². The highest BCUT2D eigenvalue weighted by atomic mass is 35.5. The number of rotatable bonds is 11. The third kappa shape index (κ3) is 7.56. The molecule has 20 heavy (non-hydrogen) atoms. The first kappa shape index (κ1) is 17.9. The van der Waals surface area contributed by atoms with Crippen molar-refractivity contribution < 1.29 is 0 Å². The lowest BCUT2D eigenvalue weighted by molar-refractivity contribution is 0.488. The molecule has 1 N–H and O–H groups in total. The van der Waals surface area contributed by atoms with Gasteiger partial charge in [0.1, 0.15) is 0 Å². The monoisotopic (exact) mass is 313 g/mol. The first-order valence-corrected chi connectivity index (χ1v) is 9.25. The third-order valence-corrected chi connectivity index (χ3v) is 5.04. The van der Waals surface area contributed by atoms with Gasteiger partial charge in [-0.1, -0.05) is 63.3 Å². The second-order valence-corrected chi connectivity index (χ2v) is 6.71. The molecule has 0 saturated carbocycles. The second-order valence-electron chi connectivity index (χ2n) is 5.24. The van der Waals surface area contributed by atoms with E-state index in [1.54, 1.807) is 0 Å². The Morgan fingerprint density at radius 3 is 2.60 bits per heavy atom. The number of unbranched alkanes of at least 4 members (excludes halogenated alkanes) is 3. The topological polar surface area (TPSA) is 12.0 Å². The summed E-state index contributed by atoms with van der Waals surface area (Å²) in [6.45, 7) is 5.60. The van der Waals surface area contributed by atoms with E-state index in [4.69, 9.17) is 11.6 Å². The molecule has 0 radical (unpaired) electrons. The van der Waals surface area contributed by atoms with Crippen LogP contribution < -0.4 is 5.32 Å². The van der Waals surface area contributed by atoms with Crippen LogP contribution in [0.4, 0.5) is 0 Å². The van der Waals surface area contributed by atoms with Crippen molar-refractivity contribution in [1.29, 1.82) is 0 Å². The average Bonchev–Trinajstić information content (AvgIpc) is 2.47. The summed E-state index contributed by atoms with van der Waals surface area (Å²) in [5, 5.41) is 4.55. The van der Waals surface area contributed by atoms with Crippen LogP contribution in [-0.2, 0) is 0 Å². The zero-order chi connectivity index (χ0) is 14.6. The van der Waals surface area contributed by atoms with E-state index in [1.165, 1.54) is 43.4 Å². The van der Waals surface area contributed by atoms with Gasteiger partial charge < -0.3 is 5.32 Å². The minimum atomic E-state index is 0.605. The lowest BCUT2D eigenvalue weighted by atomic mass is 10.1. The van der Waals surface area contributed by atoms with Gasteiger partial charge in [-0.15, -0.1) is 11.8 Å². The number of hydrogen-bond acceptors (Lipinski definition) is 2. The number of hydrogen-bond donors (Lipinski definition) is 1. The summed E-state index contributed by atoms with van der Waals surface area (Å²) in [4.78, 5) is 1.20. The average molecular weight is 314 g/mol. The molecular formula is C17H28ClNS. The minimum absolute atomic E-state index is 0.605. The van der Waals surface area contributed by atoms with E-state index in [0.29, 0.717) is 6.04 Å². The van der Waals surface area contributed by atoms with Gasteiger partial charge in [-0.2, -0.15) is 0 Å². The van der Waals surface area contributed by atoms with Crippen LogP contribution in [0.25, 0.3) is 0 Å². The van der Waals surface area contributed by atoms with E-state index in [2.05, 4.69) is 31.3 Å². The predicted octanol–water partition coefficient (Wildman–Crippen LogP) is 5.77. The maximum absolute atomic E-state index is 6.22. The summed E-state index contributed by atoms with van der Waals surface area (Å²) in [7, 11) is 0. The SMILES string of the molecule is CCCCCCC(CSc1ccccc1Cl)NCCC. The molecule has 1 aromatic rings. The van der Waals surface area contributed by atoms with Gasteiger partial charge in [-0.05, 0) is 31.5 Å². The maximum Gasteiger partial charge on any atom is 0.0541 e. The fourth-order valence-corrected chi connectivity index (χ4v) is 3.51. The van der Waals surface area contributed by atoms with Gasteiger partial charge >= 0.3 is 0 Å². The highest BCUT2D eigenvalue weighted by Crippen LogP contribution is 2.27. The molecular weight excluding hydrogens is 286 g/mol. The molecule has 1 aromatic carbocycles. The molecule has 0 aliphatic heterocycles. The highest BCUT2D eigenvalue weighted by Gasteiger charge is 2.09. The minimum Gasteiger partial charge on any atom is -0.313 e. The molecule has 0 aromatic heterocycles. The maximum atomic E-state index is 6.22. The van der Waals surface area contributed by atoms with Gasteiger partial charge in [0.15, 0.2) is 0 Å². The first-order chi connectivity index (χ1) is 9.77. The molecule has 0 fully saturated rings. The molecule has 1 atom stereocenters. The van der Waals surface area contributed by atoms with Crippen LogP contribution in [0.5, 0.6) is 0 Å². The molecule has 3 heteroatoms. The van der Waals surface area contributed by atoms with Gasteiger partial charge in [0.25, 0.3) is 0 Å². The largest absolute Gasteiger partial charge is 0.313 e. The standard InChI is InChI=1S/C17H28ClNS/c1-3-5-6-7-10-15(19-13-4-2)14-20-17-12-9-8-11-16(17)18/h8-9,11-12,15,19H,3-7,10,13-14H2,1-2H3. The summed E-state index contributed by atoms with van der Waals surface area (Å²) < 4.78 is 0. The molecule has 1 nitrogen and oxygen atoms in total. The van der Waals surface area contributed by atoms with Crippen molar-refractivity contribution >= 4 is 23.4 Å². The Balaban J connectivity index is 2.37. The van der Waals surface area contributed by atoms with Crippen LogP contribution in [0.15, 0.2) is 29.2 Å². The van der Waals surface area contributed by atoms with Crippen molar-refractivity contribution in [2.75, 3.05) is 12.3 Å². The molecule has 0 aliphatic carbocycles. The van der Waals surface area contributed by atoms with Crippen LogP contribution in [0.3, 0.4) is 0 Å². The van der Waals surface area contributed by atoms with Crippen LogP contribution in [-0.4, -0.2) is 18.3 Å². The summed E-state index contributed by atoms with van der Waals surface area (Å²) in [6.07, 6.45) is 7.83. The number of nitrogens with one attached hydrogen (secondary N) is 1. The Hall–Kier alpha value is -0.180. The van der Waals surface area contributed by atoms with Crippen LogP contribution >= 0.6 is 23.4 Å². The fraction of sp³-hybridized carbons (Fsp3) is 0.647. The molecule has 114 valence electrons. The van der Waals surface area contributed by atoms with E-state index in [0.717, 1.165) is 17.3 Å². The Bertz CT molecular complexity index is 357. The Kier molecular flexibility index (Phi) is 10.3. The summed E-state index contributed by atoms with van der Waals surface area (Å²) in [5.41, 5.74) is 0. The molecule has 0 spiro atoms. The molecule has 0 heterocycles. The van der Waals surface area contributed by atoms with E-state index in [-0.39, 0.29) is 0 Å². The number of thioether (sulfide) groups is 1. The quantitative estimate of drug-likeness (QED) is 0.411. The van der Waals surface area contributed by atoms with E-state index in [9.17, 15) is 0 Å². The zero-order valence-electron chi connectivity index (χ0n) is 12.8. The van der Waals surface area contributed by atoms with Gasteiger partial charge in [0.2, 0.25) is 0 Å². The second kappa shape index (κ2) is 11.5. The van der Waals surface area contributed by atoms with Crippen molar-refractivity contribution in [2.45, 2.75) is 63.3 Å². The van der Waals surface area contributed by atoms with Gasteiger partial charge in [0, 0.05) is 16.7 Å². The van der Waals surface area contributed by atoms with Crippen molar-refractivity contribution in [3.8, 4) is 0 Å². The van der Waals surface area contributed by atoms with Crippen molar-refractivity contribution in [3.63, 3.8) is 0 Å². The van der Waals surface area contributed by atoms with Crippen molar-refractivity contribution in [1.82, 2.24) is 5.32 Å². The predicted molar refractivity (Wildman–Crippen MR) is 93.0 cm³/mol. The molecule has 1 unspecified atom stereocenters. The third-order valence-electron chi connectivity index (χ3n) is 3.37. The first-order valence-electron chi connectivity index (χ1n) is 7.88. The highest BCUT2D eigenvalue weighted by molar-refractivity contribution is 7.99. The van der Waals surface area contributed by atoms with E-state index < -0.39 is 0 Å². The Morgan fingerprint density at radius 1 is 1.10 bits per heavy atom. The summed E-state index contributed by atoms with van der Waals surface area (Å²) >= 11 is 8.09. The lowest BCUT2D eigenvalue weighted by Gasteiger charge is -2.18. The smallest absolute Gasteiger partial charge is 0.0541 e. The van der Waals surface area contributed by atoms with Crippen molar-refractivity contribution in [3.05, 3.63) is 29.3 Å². The normalized spacial score (nSPS) is 12.6. The molecule has 0 bridgehead atoms. The summed E-state index contributed by atoms with van der Waals surface area (Å²) in [5.74, 6) is 1.11. The number of benzene rings is 1. The zero-order valence-corrected chi connectivity index (χ0v) is 14.4. The van der Waals surface area contributed by atoms with Crippen LogP contribution in [0.1, 0.15) is 52.4 Å². The Morgan fingerprint density at radius 2 is 1.90 bits per heavy atom. The number of halogens is 1. The van der Waals surface area contributed by atoms with E-state index >= 15 is 0 Å². The van der Waals surface area contributed by atoms with Crippen LogP contribution in [0, 0.1) is 0 Å². The molecule has 0 aliphatic rings. The Labute approximate surface area is 133 Å². The molecule has 1 rings (SSSR count). The van der Waals surface area contributed by atoms with Gasteiger partial charge in [-0.25, -0.2) is 0 Å². The van der Waals surface area contributed by atoms with Gasteiger partial charge in [-0.3, -0.25) is 0 Å².